The van der Waals surface area contributed by atoms with Gasteiger partial charge in [-0.1, -0.05) is 7.43 Å². The van der Waals surface area contributed by atoms with Gasteiger partial charge in [0.25, 0.3) is 0 Å². The van der Waals surface area contributed by atoms with Gasteiger partial charge in [-0.25, -0.2) is 0 Å². The lowest BCUT2D eigenvalue weighted by Gasteiger charge is -2.15. The first-order chi connectivity index (χ1) is 12.8. The molecule has 2 rings (SSSR count). The van der Waals surface area contributed by atoms with E-state index in [4.69, 9.17) is 0 Å². The summed E-state index contributed by atoms with van der Waals surface area (Å²) in [7, 11) is 0. The Kier molecular flexibility index (Phi) is 12.6. The van der Waals surface area contributed by atoms with Gasteiger partial charge >= 0.3 is 0 Å². The number of benzene rings is 2. The average Bonchev–Trinajstić information content (AvgIpc) is 2.71. The Bertz CT molecular complexity index is 613. The van der Waals surface area contributed by atoms with Crippen LogP contribution in [0.2, 0.25) is 0 Å². The van der Waals surface area contributed by atoms with Gasteiger partial charge in [0.2, 0.25) is 0 Å². The molecule has 0 saturated heterocycles. The fourth-order valence-electron chi connectivity index (χ4n) is 3.38. The van der Waals surface area contributed by atoms with Crippen molar-refractivity contribution in [3.8, 4) is 11.8 Å². The van der Waals surface area contributed by atoms with Crippen LogP contribution in [0.5, 0.6) is 0 Å². The standard InChI is InChI=1S/2C12H18.C4H6.CH4/c2*1-7-8(2)10(4)12(6)11(5)9(7)3;1-3-4-2;/h2*1-6H3;1-2H3;1H4. The normalized spacial score (nSPS) is 9.17. The molecule has 0 heterocycles. The smallest absolute Gasteiger partial charge is 0.00271 e. The molecular formula is C29H46. The maximum Gasteiger partial charge on any atom is -0.00271 e. The molecule has 0 aliphatic heterocycles. The molecule has 0 amide bonds. The van der Waals surface area contributed by atoms with E-state index in [0.717, 1.165) is 0 Å². The van der Waals surface area contributed by atoms with Crippen molar-refractivity contribution < 1.29 is 0 Å². The molecule has 0 atom stereocenters. The van der Waals surface area contributed by atoms with E-state index in [1.54, 1.807) is 0 Å². The van der Waals surface area contributed by atoms with Gasteiger partial charge in [0.05, 0.1) is 0 Å². The Morgan fingerprint density at radius 2 is 0.345 bits per heavy atom. The molecule has 2 aromatic rings. The minimum atomic E-state index is 0. The Morgan fingerprint density at radius 1 is 0.276 bits per heavy atom. The summed E-state index contributed by atoms with van der Waals surface area (Å²) in [5, 5.41) is 0. The van der Waals surface area contributed by atoms with E-state index in [1.807, 2.05) is 13.8 Å². The molecule has 0 aromatic heterocycles. The minimum Gasteiger partial charge on any atom is -0.107 e. The maximum absolute atomic E-state index is 2.68. The molecule has 0 spiro atoms. The van der Waals surface area contributed by atoms with Crippen LogP contribution in [0.1, 0.15) is 88.0 Å². The highest BCUT2D eigenvalue weighted by Gasteiger charge is 2.08. The molecule has 0 nitrogen and oxygen atoms in total. The molecule has 0 unspecified atom stereocenters. The van der Waals surface area contributed by atoms with E-state index in [2.05, 4.69) is 94.9 Å². The SMILES string of the molecule is C.CC#CC.Cc1c(C)c(C)c(C)c(C)c1C.Cc1c(C)c(C)c(C)c(C)c1C. The first-order valence-electron chi connectivity index (χ1n) is 10.2. The van der Waals surface area contributed by atoms with Crippen molar-refractivity contribution in [2.24, 2.45) is 0 Å². The Morgan fingerprint density at radius 3 is 0.379 bits per heavy atom. The van der Waals surface area contributed by atoms with Gasteiger partial charge in [-0.15, -0.1) is 11.8 Å². The van der Waals surface area contributed by atoms with Crippen molar-refractivity contribution in [1.82, 2.24) is 0 Å². The molecular weight excluding hydrogens is 348 g/mol. The molecule has 2 aromatic carbocycles. The van der Waals surface area contributed by atoms with Crippen molar-refractivity contribution >= 4 is 0 Å². The van der Waals surface area contributed by atoms with Crippen LogP contribution < -0.4 is 0 Å². The quantitative estimate of drug-likeness (QED) is 0.392. The van der Waals surface area contributed by atoms with Crippen LogP contribution in [0.25, 0.3) is 0 Å². The van der Waals surface area contributed by atoms with E-state index in [-0.39, 0.29) is 7.43 Å². The molecule has 0 fully saturated rings. The number of rotatable bonds is 0. The van der Waals surface area contributed by atoms with Gasteiger partial charge in [-0.3, -0.25) is 0 Å². The summed E-state index contributed by atoms with van der Waals surface area (Å²) in [6, 6.07) is 0. The van der Waals surface area contributed by atoms with Gasteiger partial charge in [0, 0.05) is 0 Å². The minimum absolute atomic E-state index is 0. The van der Waals surface area contributed by atoms with Gasteiger partial charge < -0.3 is 0 Å². The fraction of sp³-hybridized carbons (Fsp3) is 0.517. The largest absolute Gasteiger partial charge is 0.107 e. The van der Waals surface area contributed by atoms with Crippen molar-refractivity contribution in [1.29, 1.82) is 0 Å². The highest BCUT2D eigenvalue weighted by molar-refractivity contribution is 5.49. The van der Waals surface area contributed by atoms with Crippen molar-refractivity contribution in [2.45, 2.75) is 104 Å². The summed E-state index contributed by atoms with van der Waals surface area (Å²) >= 11 is 0. The van der Waals surface area contributed by atoms with E-state index in [9.17, 15) is 0 Å². The van der Waals surface area contributed by atoms with Crippen molar-refractivity contribution in [3.63, 3.8) is 0 Å². The lowest BCUT2D eigenvalue weighted by molar-refractivity contribution is 1.13. The number of hydrogen-bond donors (Lipinski definition) is 0. The van der Waals surface area contributed by atoms with Gasteiger partial charge in [-0.2, -0.15) is 0 Å². The highest BCUT2D eigenvalue weighted by atomic mass is 14.1. The Labute approximate surface area is 183 Å². The van der Waals surface area contributed by atoms with E-state index in [1.165, 1.54) is 66.8 Å². The van der Waals surface area contributed by atoms with Crippen LogP contribution in [0, 0.1) is 94.9 Å². The molecule has 162 valence electrons. The average molecular weight is 395 g/mol. The lowest BCUT2D eigenvalue weighted by Crippen LogP contribution is -1.98. The zero-order chi connectivity index (χ0) is 22.3. The van der Waals surface area contributed by atoms with Crippen LogP contribution in [0.3, 0.4) is 0 Å². The van der Waals surface area contributed by atoms with Gasteiger partial charge in [0.15, 0.2) is 0 Å². The van der Waals surface area contributed by atoms with Crippen LogP contribution in [0.15, 0.2) is 0 Å². The lowest BCUT2D eigenvalue weighted by atomic mass is 9.90. The Balaban J connectivity index is 0. The molecule has 0 saturated carbocycles. The molecule has 0 aliphatic rings. The number of hydrogen-bond acceptors (Lipinski definition) is 0. The third-order valence-electron chi connectivity index (χ3n) is 7.00. The second kappa shape index (κ2) is 12.5. The highest BCUT2D eigenvalue weighted by Crippen LogP contribution is 2.25. The molecule has 29 heavy (non-hydrogen) atoms. The second-order valence-electron chi connectivity index (χ2n) is 8.00. The molecule has 0 bridgehead atoms. The van der Waals surface area contributed by atoms with E-state index >= 15 is 0 Å². The van der Waals surface area contributed by atoms with Gasteiger partial charge in [-0.05, 0) is 164 Å². The van der Waals surface area contributed by atoms with Crippen LogP contribution in [-0.4, -0.2) is 0 Å². The second-order valence-corrected chi connectivity index (χ2v) is 8.00. The van der Waals surface area contributed by atoms with E-state index < -0.39 is 0 Å². The van der Waals surface area contributed by atoms with E-state index in [0.29, 0.717) is 0 Å². The van der Waals surface area contributed by atoms with Crippen molar-refractivity contribution in [3.05, 3.63) is 66.8 Å². The van der Waals surface area contributed by atoms with Crippen LogP contribution >= 0.6 is 0 Å². The zero-order valence-electron chi connectivity index (χ0n) is 21.0. The predicted octanol–water partition coefficient (Wildman–Crippen LogP) is 8.74. The predicted molar refractivity (Wildman–Crippen MR) is 136 cm³/mol. The first-order valence-corrected chi connectivity index (χ1v) is 10.2. The summed E-state index contributed by atoms with van der Waals surface area (Å²) in [4.78, 5) is 0. The summed E-state index contributed by atoms with van der Waals surface area (Å²) < 4.78 is 0. The molecule has 0 heteroatoms. The first kappa shape index (κ1) is 29.2. The van der Waals surface area contributed by atoms with Crippen molar-refractivity contribution in [2.75, 3.05) is 0 Å². The summed E-state index contributed by atoms with van der Waals surface area (Å²) in [6.45, 7) is 30.2. The molecule has 0 N–H and O–H groups in total. The zero-order valence-corrected chi connectivity index (χ0v) is 21.0. The summed E-state index contributed by atoms with van der Waals surface area (Å²) in [6.07, 6.45) is 0. The van der Waals surface area contributed by atoms with Crippen LogP contribution in [-0.2, 0) is 0 Å². The Hall–Kier alpha value is -2.00. The third kappa shape index (κ3) is 6.78. The fourth-order valence-corrected chi connectivity index (χ4v) is 3.38. The third-order valence-corrected chi connectivity index (χ3v) is 7.00. The molecule has 0 aliphatic carbocycles. The monoisotopic (exact) mass is 394 g/mol. The summed E-state index contributed by atoms with van der Waals surface area (Å²) in [5.41, 5.74) is 17.5. The maximum atomic E-state index is 2.68. The molecule has 0 radical (unpaired) electrons. The van der Waals surface area contributed by atoms with Crippen LogP contribution in [0.4, 0.5) is 0 Å². The summed E-state index contributed by atoms with van der Waals surface area (Å²) in [5.74, 6) is 5.36. The van der Waals surface area contributed by atoms with Gasteiger partial charge in [0.1, 0.15) is 0 Å². The topological polar surface area (TPSA) is 0 Å².